The first-order valence-corrected chi connectivity index (χ1v) is 14.1. The average Bonchev–Trinajstić information content (AvgIpc) is 3.53. The maximum atomic E-state index is 13.3. The van der Waals surface area contributed by atoms with E-state index < -0.39 is 11.9 Å². The fraction of sp³-hybridized carbons (Fsp3) is 0.290. The number of aromatic nitrogens is 8. The number of alkyl halides is 3. The van der Waals surface area contributed by atoms with Gasteiger partial charge >= 0.3 is 6.18 Å². The standard InChI is InChI=1S/C31H25F3N8O/c1-41-14-24(31(32,33)34)39-28(41)18-5-7-19-17(11-18)6-8-22(19)42-23-13-35-10-9-20(23)21-12-36-27(40-29(21)42)25-26(16-3-4-16)37-15-38-30(25)43-2/h5,7,9-16,22H,3-4,6,8H2,1-2H3. The van der Waals surface area contributed by atoms with Gasteiger partial charge in [-0.2, -0.15) is 13.2 Å². The van der Waals surface area contributed by atoms with E-state index in [4.69, 9.17) is 14.7 Å². The van der Waals surface area contributed by atoms with Crippen LogP contribution in [0.4, 0.5) is 13.2 Å². The van der Waals surface area contributed by atoms with Gasteiger partial charge in [0.05, 0.1) is 30.6 Å². The summed E-state index contributed by atoms with van der Waals surface area (Å²) in [5, 5.41) is 1.90. The van der Waals surface area contributed by atoms with Crippen molar-refractivity contribution in [2.75, 3.05) is 7.11 Å². The number of benzene rings is 1. The molecule has 5 aromatic heterocycles. The van der Waals surface area contributed by atoms with Gasteiger partial charge in [0.1, 0.15) is 23.4 Å². The van der Waals surface area contributed by atoms with E-state index in [2.05, 4.69) is 24.5 Å². The van der Waals surface area contributed by atoms with E-state index >= 15 is 0 Å². The quantitative estimate of drug-likeness (QED) is 0.236. The van der Waals surface area contributed by atoms with Crippen molar-refractivity contribution in [3.8, 4) is 28.7 Å². The van der Waals surface area contributed by atoms with Gasteiger partial charge in [-0.3, -0.25) is 4.98 Å². The van der Waals surface area contributed by atoms with E-state index in [-0.39, 0.29) is 11.9 Å². The van der Waals surface area contributed by atoms with Gasteiger partial charge in [0.25, 0.3) is 0 Å². The largest absolute Gasteiger partial charge is 0.480 e. The molecule has 43 heavy (non-hydrogen) atoms. The van der Waals surface area contributed by atoms with Crippen molar-refractivity contribution in [2.45, 2.75) is 43.8 Å². The molecule has 2 aliphatic carbocycles. The summed E-state index contributed by atoms with van der Waals surface area (Å²) in [7, 11) is 3.17. The molecule has 8 rings (SSSR count). The van der Waals surface area contributed by atoms with Crippen LogP contribution in [0, 0.1) is 0 Å². The smallest absolute Gasteiger partial charge is 0.434 e. The molecule has 0 radical (unpaired) electrons. The lowest BCUT2D eigenvalue weighted by molar-refractivity contribution is -0.140. The molecular weight excluding hydrogens is 557 g/mol. The van der Waals surface area contributed by atoms with Crippen molar-refractivity contribution in [1.29, 1.82) is 0 Å². The molecule has 0 spiro atoms. The monoisotopic (exact) mass is 582 g/mol. The molecule has 2 aliphatic rings. The number of hydrogen-bond acceptors (Lipinski definition) is 7. The predicted octanol–water partition coefficient (Wildman–Crippen LogP) is 6.28. The third-order valence-electron chi connectivity index (χ3n) is 8.50. The van der Waals surface area contributed by atoms with Crippen LogP contribution in [0.3, 0.4) is 0 Å². The summed E-state index contributed by atoms with van der Waals surface area (Å²) in [6, 6.07) is 7.72. The highest BCUT2D eigenvalue weighted by Crippen LogP contribution is 2.46. The molecule has 216 valence electrons. The van der Waals surface area contributed by atoms with Crippen molar-refractivity contribution < 1.29 is 17.9 Å². The van der Waals surface area contributed by atoms with Gasteiger partial charge in [0.15, 0.2) is 11.5 Å². The molecule has 1 unspecified atom stereocenters. The number of ether oxygens (including phenoxy) is 1. The minimum atomic E-state index is -4.50. The Balaban J connectivity index is 1.27. The van der Waals surface area contributed by atoms with Crippen molar-refractivity contribution >= 4 is 21.9 Å². The molecule has 0 saturated heterocycles. The number of imidazole rings is 1. The van der Waals surface area contributed by atoms with Crippen LogP contribution in [0.2, 0.25) is 0 Å². The Morgan fingerprint density at radius 1 is 0.977 bits per heavy atom. The summed E-state index contributed by atoms with van der Waals surface area (Å²) in [6.45, 7) is 0. The second kappa shape index (κ2) is 9.32. The van der Waals surface area contributed by atoms with Crippen molar-refractivity contribution in [3.63, 3.8) is 0 Å². The lowest BCUT2D eigenvalue weighted by atomic mass is 10.0. The van der Waals surface area contributed by atoms with Gasteiger partial charge in [0.2, 0.25) is 5.88 Å². The SMILES string of the molecule is COc1ncnc(C2CC2)c1-c1ncc2c3ccncc3n(C3CCc4cc(-c5nc(C(F)(F)F)cn5C)ccc43)c2n1. The summed E-state index contributed by atoms with van der Waals surface area (Å²) < 4.78 is 49.2. The molecule has 0 bridgehead atoms. The van der Waals surface area contributed by atoms with Crippen LogP contribution in [0.5, 0.6) is 5.88 Å². The predicted molar refractivity (Wildman–Crippen MR) is 152 cm³/mol. The third-order valence-corrected chi connectivity index (χ3v) is 8.50. The van der Waals surface area contributed by atoms with Gasteiger partial charge in [-0.15, -0.1) is 0 Å². The summed E-state index contributed by atoms with van der Waals surface area (Å²) >= 11 is 0. The van der Waals surface area contributed by atoms with E-state index in [1.165, 1.54) is 10.9 Å². The Kier molecular flexibility index (Phi) is 5.59. The van der Waals surface area contributed by atoms with Gasteiger partial charge in [-0.1, -0.05) is 12.1 Å². The summed E-state index contributed by atoms with van der Waals surface area (Å²) in [4.78, 5) is 27.1. The highest BCUT2D eigenvalue weighted by Gasteiger charge is 2.35. The second-order valence-corrected chi connectivity index (χ2v) is 11.1. The Morgan fingerprint density at radius 2 is 1.84 bits per heavy atom. The second-order valence-electron chi connectivity index (χ2n) is 11.1. The van der Waals surface area contributed by atoms with Gasteiger partial charge in [-0.25, -0.2) is 24.9 Å². The minimum Gasteiger partial charge on any atom is -0.480 e. The number of pyridine rings is 1. The van der Waals surface area contributed by atoms with Crippen LogP contribution in [-0.4, -0.2) is 46.1 Å². The zero-order valence-corrected chi connectivity index (χ0v) is 23.3. The Hall–Kier alpha value is -4.87. The fourth-order valence-electron chi connectivity index (χ4n) is 6.39. The van der Waals surface area contributed by atoms with E-state index in [1.807, 2.05) is 36.7 Å². The van der Waals surface area contributed by atoms with Gasteiger partial charge < -0.3 is 13.9 Å². The number of aryl methyl sites for hydroxylation is 2. The fourth-order valence-corrected chi connectivity index (χ4v) is 6.39. The molecule has 1 saturated carbocycles. The number of methoxy groups -OCH3 is 1. The molecule has 5 heterocycles. The Morgan fingerprint density at radius 3 is 2.60 bits per heavy atom. The minimum absolute atomic E-state index is 0.0556. The maximum absolute atomic E-state index is 13.3. The van der Waals surface area contributed by atoms with Crippen molar-refractivity contribution in [1.82, 2.24) is 39.0 Å². The summed E-state index contributed by atoms with van der Waals surface area (Å²) in [5.41, 5.74) is 5.23. The Labute approximate surface area is 243 Å². The zero-order chi connectivity index (χ0) is 29.5. The molecule has 1 aromatic carbocycles. The van der Waals surface area contributed by atoms with Crippen LogP contribution in [0.25, 0.3) is 44.7 Å². The normalized spacial score (nSPS) is 16.7. The lowest BCUT2D eigenvalue weighted by Gasteiger charge is -2.17. The molecule has 0 amide bonds. The van der Waals surface area contributed by atoms with E-state index in [1.54, 1.807) is 20.4 Å². The molecule has 12 heteroatoms. The average molecular weight is 583 g/mol. The summed E-state index contributed by atoms with van der Waals surface area (Å²) in [6.07, 6.45) is 7.16. The van der Waals surface area contributed by atoms with Gasteiger partial charge in [-0.05, 0) is 48.9 Å². The van der Waals surface area contributed by atoms with Crippen molar-refractivity contribution in [3.05, 3.63) is 77.9 Å². The molecule has 0 N–H and O–H groups in total. The molecule has 1 atom stereocenters. The van der Waals surface area contributed by atoms with Crippen LogP contribution in [-0.2, 0) is 19.6 Å². The number of rotatable bonds is 5. The summed E-state index contributed by atoms with van der Waals surface area (Å²) in [5.74, 6) is 1.57. The first-order valence-electron chi connectivity index (χ1n) is 14.1. The van der Waals surface area contributed by atoms with Crippen LogP contribution >= 0.6 is 0 Å². The molecule has 9 nitrogen and oxygen atoms in total. The molecule has 6 aromatic rings. The molecule has 0 aliphatic heterocycles. The number of hydrogen-bond donors (Lipinski definition) is 0. The first kappa shape index (κ1) is 25.8. The number of nitrogens with zero attached hydrogens (tertiary/aromatic N) is 8. The highest BCUT2D eigenvalue weighted by molar-refractivity contribution is 6.06. The molecular formula is C31H25F3N8O. The zero-order valence-electron chi connectivity index (χ0n) is 23.3. The highest BCUT2D eigenvalue weighted by atomic mass is 19.4. The Bertz CT molecular complexity index is 2060. The first-order chi connectivity index (χ1) is 20.8. The van der Waals surface area contributed by atoms with Crippen LogP contribution in [0.1, 0.15) is 53.7 Å². The van der Waals surface area contributed by atoms with Crippen LogP contribution < -0.4 is 4.74 Å². The third kappa shape index (κ3) is 4.07. The van der Waals surface area contributed by atoms with E-state index in [9.17, 15) is 13.2 Å². The van der Waals surface area contributed by atoms with Crippen LogP contribution in [0.15, 0.2) is 55.4 Å². The maximum Gasteiger partial charge on any atom is 0.434 e. The number of halogens is 3. The molecule has 1 fully saturated rings. The van der Waals surface area contributed by atoms with Gasteiger partial charge in [0, 0.05) is 47.9 Å². The van der Waals surface area contributed by atoms with E-state index in [0.29, 0.717) is 28.7 Å². The van der Waals surface area contributed by atoms with Crippen molar-refractivity contribution in [2.24, 2.45) is 7.05 Å². The lowest BCUT2D eigenvalue weighted by Crippen LogP contribution is -2.09. The topological polar surface area (TPSA) is 96.4 Å². The van der Waals surface area contributed by atoms with E-state index in [0.717, 1.165) is 70.6 Å². The number of fused-ring (bicyclic) bond motifs is 4.